The highest BCUT2D eigenvalue weighted by atomic mass is 16.5. The van der Waals surface area contributed by atoms with Crippen molar-refractivity contribution < 1.29 is 19.4 Å². The molecule has 0 aromatic rings. The van der Waals surface area contributed by atoms with Crippen LogP contribution in [0.25, 0.3) is 0 Å². The van der Waals surface area contributed by atoms with Crippen molar-refractivity contribution in [2.75, 3.05) is 0 Å². The van der Waals surface area contributed by atoms with Crippen molar-refractivity contribution in [2.45, 2.75) is 283 Å². The molecule has 1 unspecified atom stereocenters. The molecule has 0 bridgehead atoms. The molecule has 0 fully saturated rings. The number of rotatable bonds is 44. The fourth-order valence-corrected chi connectivity index (χ4v) is 7.48. The summed E-state index contributed by atoms with van der Waals surface area (Å²) in [6.07, 6.45) is 55.4. The van der Waals surface area contributed by atoms with Crippen molar-refractivity contribution in [2.24, 2.45) is 0 Å². The van der Waals surface area contributed by atoms with Gasteiger partial charge < -0.3 is 9.84 Å². The van der Waals surface area contributed by atoms with Gasteiger partial charge in [-0.3, -0.25) is 9.59 Å². The maximum absolute atomic E-state index is 12.7. The van der Waals surface area contributed by atoms with Gasteiger partial charge in [0.1, 0.15) is 6.10 Å². The topological polar surface area (TPSA) is 63.6 Å². The molecular formula is C48H92O4. The normalized spacial score (nSPS) is 12.2. The molecule has 0 amide bonds. The highest BCUT2D eigenvalue weighted by Crippen LogP contribution is 2.19. The molecule has 308 valence electrons. The summed E-state index contributed by atoms with van der Waals surface area (Å²) in [4.78, 5) is 23.5. The van der Waals surface area contributed by atoms with Crippen LogP contribution >= 0.6 is 0 Å². The minimum absolute atomic E-state index is 0.00789. The third kappa shape index (κ3) is 43.1. The first kappa shape index (κ1) is 50.7. The third-order valence-electron chi connectivity index (χ3n) is 11.0. The van der Waals surface area contributed by atoms with Crippen LogP contribution in [0.1, 0.15) is 277 Å². The average molecular weight is 733 g/mol. The molecule has 0 spiro atoms. The second-order valence-corrected chi connectivity index (χ2v) is 16.3. The van der Waals surface area contributed by atoms with E-state index in [1.54, 1.807) is 0 Å². The summed E-state index contributed by atoms with van der Waals surface area (Å²) in [5.74, 6) is -0.688. The summed E-state index contributed by atoms with van der Waals surface area (Å²) in [6, 6.07) is 0. The summed E-state index contributed by atoms with van der Waals surface area (Å²) < 4.78 is 6.03. The quantitative estimate of drug-likeness (QED) is 0.0385. The number of carbonyl (C=O) groups is 2. The van der Waals surface area contributed by atoms with Gasteiger partial charge in [-0.1, -0.05) is 212 Å². The largest absolute Gasteiger partial charge is 0.481 e. The fourth-order valence-electron chi connectivity index (χ4n) is 7.48. The van der Waals surface area contributed by atoms with Crippen LogP contribution in [0.5, 0.6) is 0 Å². The zero-order valence-corrected chi connectivity index (χ0v) is 35.4. The number of allylic oxidation sites excluding steroid dienone is 2. The van der Waals surface area contributed by atoms with Crippen LogP contribution in [0, 0.1) is 0 Å². The van der Waals surface area contributed by atoms with E-state index >= 15 is 0 Å². The van der Waals surface area contributed by atoms with Gasteiger partial charge in [-0.25, -0.2) is 0 Å². The maximum Gasteiger partial charge on any atom is 0.306 e. The Kier molecular flexibility index (Phi) is 43.0. The van der Waals surface area contributed by atoms with Gasteiger partial charge in [-0.05, 0) is 64.2 Å². The smallest absolute Gasteiger partial charge is 0.306 e. The maximum atomic E-state index is 12.7. The van der Waals surface area contributed by atoms with Crippen molar-refractivity contribution in [3.63, 3.8) is 0 Å². The average Bonchev–Trinajstić information content (AvgIpc) is 3.13. The first-order chi connectivity index (χ1) is 25.6. The van der Waals surface area contributed by atoms with Crippen LogP contribution in [-0.4, -0.2) is 23.1 Å². The molecule has 0 rings (SSSR count). The molecule has 52 heavy (non-hydrogen) atoms. The number of carbonyl (C=O) groups excluding carboxylic acids is 1. The lowest BCUT2D eigenvalue weighted by Crippen LogP contribution is -2.18. The van der Waals surface area contributed by atoms with Gasteiger partial charge in [0, 0.05) is 12.8 Å². The summed E-state index contributed by atoms with van der Waals surface area (Å²) in [6.45, 7) is 4.57. The number of ether oxygens (including phenoxy) is 1. The zero-order chi connectivity index (χ0) is 37.8. The van der Waals surface area contributed by atoms with Crippen LogP contribution in [-0.2, 0) is 14.3 Å². The van der Waals surface area contributed by atoms with Crippen molar-refractivity contribution in [1.29, 1.82) is 0 Å². The van der Waals surface area contributed by atoms with Crippen molar-refractivity contribution in [1.82, 2.24) is 0 Å². The van der Waals surface area contributed by atoms with Gasteiger partial charge in [0.05, 0.1) is 0 Å². The van der Waals surface area contributed by atoms with Crippen LogP contribution in [0.3, 0.4) is 0 Å². The van der Waals surface area contributed by atoms with E-state index in [1.165, 1.54) is 186 Å². The highest BCUT2D eigenvalue weighted by molar-refractivity contribution is 5.69. The van der Waals surface area contributed by atoms with E-state index in [9.17, 15) is 9.59 Å². The number of unbranched alkanes of at least 4 members (excludes halogenated alkanes) is 33. The summed E-state index contributed by atoms with van der Waals surface area (Å²) in [5.41, 5.74) is 0. The Balaban J connectivity index is 3.83. The molecule has 4 nitrogen and oxygen atoms in total. The summed E-state index contributed by atoms with van der Waals surface area (Å²) in [7, 11) is 0. The number of carboxylic acid groups (broad SMARTS) is 1. The minimum atomic E-state index is -0.696. The van der Waals surface area contributed by atoms with Gasteiger partial charge >= 0.3 is 11.9 Å². The standard InChI is InChI=1S/C48H92O4/c1-3-5-7-9-11-13-15-16-17-18-19-20-21-22-23-24-25-26-28-30-32-37-41-45-48(51)52-46(43-39-35-33-36-40-44-47(49)50)42-38-34-31-29-27-14-12-10-8-6-4-2/h18-19,46H,3-17,20-45H2,1-2H3,(H,49,50)/b19-18-. The molecule has 0 aliphatic rings. The van der Waals surface area contributed by atoms with Gasteiger partial charge in [-0.2, -0.15) is 0 Å². The minimum Gasteiger partial charge on any atom is -0.481 e. The first-order valence-electron chi connectivity index (χ1n) is 23.7. The Bertz CT molecular complexity index is 747. The van der Waals surface area contributed by atoms with Crippen LogP contribution < -0.4 is 0 Å². The molecule has 1 N–H and O–H groups in total. The van der Waals surface area contributed by atoms with Gasteiger partial charge in [-0.15, -0.1) is 0 Å². The molecule has 0 aromatic heterocycles. The highest BCUT2D eigenvalue weighted by Gasteiger charge is 2.14. The Morgan fingerprint density at radius 3 is 1.04 bits per heavy atom. The monoisotopic (exact) mass is 733 g/mol. The van der Waals surface area contributed by atoms with Gasteiger partial charge in [0.2, 0.25) is 0 Å². The molecule has 0 radical (unpaired) electrons. The molecular weight excluding hydrogens is 641 g/mol. The number of hydrogen-bond donors (Lipinski definition) is 1. The number of aliphatic carboxylic acids is 1. The van der Waals surface area contributed by atoms with Gasteiger partial charge in [0.25, 0.3) is 0 Å². The predicted octanol–water partition coefficient (Wildman–Crippen LogP) is 16.6. The Labute approximate surface area is 325 Å². The van der Waals surface area contributed by atoms with E-state index in [2.05, 4.69) is 26.0 Å². The van der Waals surface area contributed by atoms with E-state index in [-0.39, 0.29) is 18.5 Å². The van der Waals surface area contributed by atoms with Crippen LogP contribution in [0.15, 0.2) is 12.2 Å². The van der Waals surface area contributed by atoms with Crippen LogP contribution in [0.2, 0.25) is 0 Å². The molecule has 0 aromatic carbocycles. The summed E-state index contributed by atoms with van der Waals surface area (Å²) >= 11 is 0. The molecule has 0 saturated heterocycles. The zero-order valence-electron chi connectivity index (χ0n) is 35.4. The number of esters is 1. The lowest BCUT2D eigenvalue weighted by Gasteiger charge is -2.18. The summed E-state index contributed by atoms with van der Waals surface area (Å²) in [5, 5.41) is 8.84. The van der Waals surface area contributed by atoms with E-state index in [1.807, 2.05) is 0 Å². The second kappa shape index (κ2) is 44.1. The lowest BCUT2D eigenvalue weighted by atomic mass is 10.0. The third-order valence-corrected chi connectivity index (χ3v) is 11.0. The predicted molar refractivity (Wildman–Crippen MR) is 227 cm³/mol. The molecule has 0 aliphatic carbocycles. The fraction of sp³-hybridized carbons (Fsp3) is 0.917. The Morgan fingerprint density at radius 2 is 0.692 bits per heavy atom. The number of carboxylic acids is 1. The second-order valence-electron chi connectivity index (χ2n) is 16.3. The van der Waals surface area contributed by atoms with E-state index in [0.29, 0.717) is 6.42 Å². The first-order valence-corrected chi connectivity index (χ1v) is 23.7. The molecule has 4 heteroatoms. The Morgan fingerprint density at radius 1 is 0.404 bits per heavy atom. The van der Waals surface area contributed by atoms with E-state index < -0.39 is 5.97 Å². The molecule has 0 saturated carbocycles. The van der Waals surface area contributed by atoms with Crippen molar-refractivity contribution in [3.8, 4) is 0 Å². The van der Waals surface area contributed by atoms with E-state index in [4.69, 9.17) is 9.84 Å². The van der Waals surface area contributed by atoms with Crippen molar-refractivity contribution in [3.05, 3.63) is 12.2 Å². The van der Waals surface area contributed by atoms with Gasteiger partial charge in [0.15, 0.2) is 0 Å². The molecule has 0 heterocycles. The lowest BCUT2D eigenvalue weighted by molar-refractivity contribution is -0.150. The molecule has 0 aliphatic heterocycles. The number of hydrogen-bond acceptors (Lipinski definition) is 3. The Hall–Kier alpha value is -1.32. The van der Waals surface area contributed by atoms with Crippen LogP contribution in [0.4, 0.5) is 0 Å². The van der Waals surface area contributed by atoms with E-state index in [0.717, 1.165) is 64.2 Å². The van der Waals surface area contributed by atoms with Crippen molar-refractivity contribution >= 4 is 11.9 Å². The molecule has 1 atom stereocenters. The SMILES string of the molecule is CCCCCCCCCC/C=C\CCCCCCCCCCCCCC(=O)OC(CCCCCCCCCCCCC)CCCCCCCC(=O)O.